The van der Waals surface area contributed by atoms with Crippen molar-refractivity contribution in [2.75, 3.05) is 6.54 Å². The Morgan fingerprint density at radius 3 is 2.29 bits per heavy atom. The van der Waals surface area contributed by atoms with Crippen LogP contribution in [0.1, 0.15) is 29.8 Å². The fraction of sp³-hybridized carbons (Fsp3) is 0.238. The SMILES string of the molecule is CC1(C)C(=O)C(C(=O)NCC(=O)O)C(=O)c2cc(-c3ccc(Cl)cc3)ccc21. The highest BCUT2D eigenvalue weighted by atomic mass is 35.5. The number of hydrogen-bond donors (Lipinski definition) is 2. The van der Waals surface area contributed by atoms with Gasteiger partial charge in [0.25, 0.3) is 0 Å². The number of halogens is 1. The molecule has 0 heterocycles. The molecule has 0 saturated carbocycles. The molecule has 7 heteroatoms. The van der Waals surface area contributed by atoms with Gasteiger partial charge < -0.3 is 10.4 Å². The van der Waals surface area contributed by atoms with Gasteiger partial charge in [-0.1, -0.05) is 35.9 Å². The van der Waals surface area contributed by atoms with Crippen molar-refractivity contribution in [3.63, 3.8) is 0 Å². The molecular formula is C21H18ClNO5. The minimum absolute atomic E-state index is 0.285. The summed E-state index contributed by atoms with van der Waals surface area (Å²) in [5, 5.41) is 11.5. The monoisotopic (exact) mass is 399 g/mol. The summed E-state index contributed by atoms with van der Waals surface area (Å²) in [6.45, 7) is 2.65. The third-order valence-electron chi connectivity index (χ3n) is 4.95. The molecule has 0 aliphatic heterocycles. The summed E-state index contributed by atoms with van der Waals surface area (Å²) in [6.07, 6.45) is 0. The van der Waals surface area contributed by atoms with Crippen LogP contribution >= 0.6 is 11.6 Å². The van der Waals surface area contributed by atoms with Gasteiger partial charge in [0.15, 0.2) is 17.5 Å². The topological polar surface area (TPSA) is 101 Å². The number of Topliss-reactive ketones (excluding diaryl/α,β-unsaturated/α-hetero) is 2. The van der Waals surface area contributed by atoms with Crippen LogP contribution in [0.4, 0.5) is 0 Å². The Kier molecular flexibility index (Phi) is 5.08. The Balaban J connectivity index is 2.05. The molecule has 28 heavy (non-hydrogen) atoms. The van der Waals surface area contributed by atoms with E-state index in [2.05, 4.69) is 5.32 Å². The van der Waals surface area contributed by atoms with E-state index < -0.39 is 41.3 Å². The first kappa shape index (κ1) is 19.8. The average molecular weight is 400 g/mol. The predicted octanol–water partition coefficient (Wildman–Crippen LogP) is 2.87. The van der Waals surface area contributed by atoms with E-state index in [0.29, 0.717) is 10.6 Å². The van der Waals surface area contributed by atoms with Crippen LogP contribution in [0.25, 0.3) is 11.1 Å². The lowest BCUT2D eigenvalue weighted by molar-refractivity contribution is -0.140. The number of ketones is 2. The van der Waals surface area contributed by atoms with Gasteiger partial charge in [0.1, 0.15) is 6.54 Å². The van der Waals surface area contributed by atoms with Gasteiger partial charge in [0.05, 0.1) is 5.41 Å². The number of carbonyl (C=O) groups excluding carboxylic acids is 3. The van der Waals surface area contributed by atoms with Gasteiger partial charge in [0.2, 0.25) is 5.91 Å². The average Bonchev–Trinajstić information content (AvgIpc) is 2.65. The van der Waals surface area contributed by atoms with Crippen LogP contribution in [0, 0.1) is 5.92 Å². The summed E-state index contributed by atoms with van der Waals surface area (Å²) in [4.78, 5) is 48.9. The highest BCUT2D eigenvalue weighted by molar-refractivity contribution is 6.30. The molecule has 1 unspecified atom stereocenters. The van der Waals surface area contributed by atoms with E-state index in [-0.39, 0.29) is 5.56 Å². The van der Waals surface area contributed by atoms with Gasteiger partial charge in [-0.3, -0.25) is 19.2 Å². The van der Waals surface area contributed by atoms with E-state index in [1.165, 1.54) is 0 Å². The molecule has 144 valence electrons. The van der Waals surface area contributed by atoms with Crippen molar-refractivity contribution in [3.8, 4) is 11.1 Å². The number of aliphatic carboxylic acids is 1. The van der Waals surface area contributed by atoms with Crippen LogP contribution in [0.15, 0.2) is 42.5 Å². The molecule has 2 N–H and O–H groups in total. The summed E-state index contributed by atoms with van der Waals surface area (Å²) >= 11 is 5.92. The highest BCUT2D eigenvalue weighted by Gasteiger charge is 2.49. The normalized spacial score (nSPS) is 17.8. The Labute approximate surface area is 166 Å². The Morgan fingerprint density at radius 1 is 1.07 bits per heavy atom. The molecule has 0 aromatic heterocycles. The van der Waals surface area contributed by atoms with Crippen molar-refractivity contribution in [1.82, 2.24) is 5.32 Å². The fourth-order valence-corrected chi connectivity index (χ4v) is 3.51. The summed E-state index contributed by atoms with van der Waals surface area (Å²) in [6, 6.07) is 12.3. The first-order valence-electron chi connectivity index (χ1n) is 8.61. The molecule has 3 rings (SSSR count). The van der Waals surface area contributed by atoms with Gasteiger partial charge in [-0.25, -0.2) is 0 Å². The zero-order valence-electron chi connectivity index (χ0n) is 15.3. The first-order chi connectivity index (χ1) is 13.1. The lowest BCUT2D eigenvalue weighted by Crippen LogP contribution is -2.51. The lowest BCUT2D eigenvalue weighted by Gasteiger charge is -2.34. The van der Waals surface area contributed by atoms with E-state index in [0.717, 1.165) is 11.1 Å². The quantitative estimate of drug-likeness (QED) is 0.770. The molecule has 1 atom stereocenters. The molecule has 0 radical (unpaired) electrons. The van der Waals surface area contributed by atoms with Gasteiger partial charge in [-0.15, -0.1) is 0 Å². The third-order valence-corrected chi connectivity index (χ3v) is 5.20. The summed E-state index contributed by atoms with van der Waals surface area (Å²) in [5.74, 6) is -4.89. The Bertz CT molecular complexity index is 994. The molecule has 0 bridgehead atoms. The third kappa shape index (κ3) is 3.43. The minimum Gasteiger partial charge on any atom is -0.480 e. The highest BCUT2D eigenvalue weighted by Crippen LogP contribution is 2.39. The van der Waals surface area contributed by atoms with E-state index in [1.807, 2.05) is 18.2 Å². The summed E-state index contributed by atoms with van der Waals surface area (Å²) in [7, 11) is 0. The number of rotatable bonds is 4. The molecule has 1 amide bonds. The van der Waals surface area contributed by atoms with Crippen LogP contribution in [-0.2, 0) is 19.8 Å². The van der Waals surface area contributed by atoms with E-state index in [9.17, 15) is 19.2 Å². The van der Waals surface area contributed by atoms with Crippen LogP contribution < -0.4 is 5.32 Å². The molecule has 0 saturated heterocycles. The van der Waals surface area contributed by atoms with E-state index >= 15 is 0 Å². The molecule has 1 aliphatic rings. The van der Waals surface area contributed by atoms with Crippen LogP contribution in [-0.4, -0.2) is 35.1 Å². The van der Waals surface area contributed by atoms with Gasteiger partial charge in [-0.05, 0) is 48.7 Å². The molecular weight excluding hydrogens is 382 g/mol. The fourth-order valence-electron chi connectivity index (χ4n) is 3.39. The Hall–Kier alpha value is -2.99. The van der Waals surface area contributed by atoms with Crippen LogP contribution in [0.3, 0.4) is 0 Å². The largest absolute Gasteiger partial charge is 0.480 e. The second kappa shape index (κ2) is 7.20. The van der Waals surface area contributed by atoms with Crippen molar-refractivity contribution in [2.24, 2.45) is 5.92 Å². The number of benzene rings is 2. The molecule has 0 spiro atoms. The van der Waals surface area contributed by atoms with Crippen molar-refractivity contribution < 1.29 is 24.3 Å². The number of carboxylic acids is 1. The van der Waals surface area contributed by atoms with Crippen molar-refractivity contribution >= 4 is 35.0 Å². The van der Waals surface area contributed by atoms with Gasteiger partial charge in [0, 0.05) is 10.6 Å². The number of nitrogens with one attached hydrogen (secondary N) is 1. The van der Waals surface area contributed by atoms with Gasteiger partial charge >= 0.3 is 5.97 Å². The minimum atomic E-state index is -1.57. The van der Waals surface area contributed by atoms with E-state index in [1.54, 1.807) is 38.1 Å². The smallest absolute Gasteiger partial charge is 0.322 e. The molecule has 0 fully saturated rings. The van der Waals surface area contributed by atoms with E-state index in [4.69, 9.17) is 16.7 Å². The second-order valence-corrected chi connectivity index (χ2v) is 7.60. The van der Waals surface area contributed by atoms with Crippen LogP contribution in [0.5, 0.6) is 0 Å². The molecule has 2 aromatic carbocycles. The standard InChI is InChI=1S/C21H18ClNO5/c1-21(2)15-8-5-12(11-3-6-13(22)7-4-11)9-14(15)18(26)17(19(21)27)20(28)23-10-16(24)25/h3-9,17H,10H2,1-2H3,(H,23,28)(H,24,25). The zero-order chi connectivity index (χ0) is 20.6. The lowest BCUT2D eigenvalue weighted by atomic mass is 9.66. The maximum absolute atomic E-state index is 13.0. The predicted molar refractivity (Wildman–Crippen MR) is 103 cm³/mol. The van der Waals surface area contributed by atoms with Crippen molar-refractivity contribution in [3.05, 3.63) is 58.6 Å². The summed E-state index contributed by atoms with van der Waals surface area (Å²) in [5.41, 5.74) is 1.35. The molecule has 6 nitrogen and oxygen atoms in total. The molecule has 2 aromatic rings. The van der Waals surface area contributed by atoms with Gasteiger partial charge in [-0.2, -0.15) is 0 Å². The van der Waals surface area contributed by atoms with Crippen LogP contribution in [0.2, 0.25) is 5.02 Å². The number of carboxylic acid groups (broad SMARTS) is 1. The van der Waals surface area contributed by atoms with Crippen molar-refractivity contribution in [1.29, 1.82) is 0 Å². The number of amides is 1. The number of carbonyl (C=O) groups is 4. The first-order valence-corrected chi connectivity index (χ1v) is 8.99. The second-order valence-electron chi connectivity index (χ2n) is 7.17. The van der Waals surface area contributed by atoms with Crippen molar-refractivity contribution in [2.45, 2.75) is 19.3 Å². The Morgan fingerprint density at radius 2 is 1.68 bits per heavy atom. The molecule has 1 aliphatic carbocycles. The number of hydrogen-bond acceptors (Lipinski definition) is 4. The maximum atomic E-state index is 13.0. The zero-order valence-corrected chi connectivity index (χ0v) is 16.0. The number of fused-ring (bicyclic) bond motifs is 1. The maximum Gasteiger partial charge on any atom is 0.322 e. The summed E-state index contributed by atoms with van der Waals surface area (Å²) < 4.78 is 0.